The van der Waals surface area contributed by atoms with Crippen LogP contribution in [0.2, 0.25) is 0 Å². The molecule has 0 spiro atoms. The third kappa shape index (κ3) is 4.93. The van der Waals surface area contributed by atoms with Crippen molar-refractivity contribution in [2.75, 3.05) is 11.9 Å². The van der Waals surface area contributed by atoms with Gasteiger partial charge in [-0.25, -0.2) is 4.79 Å². The van der Waals surface area contributed by atoms with Crippen molar-refractivity contribution in [1.29, 1.82) is 0 Å². The number of oxime groups is 1. The van der Waals surface area contributed by atoms with Gasteiger partial charge in [-0.1, -0.05) is 34.4 Å². The second kappa shape index (κ2) is 8.30. The van der Waals surface area contributed by atoms with Crippen LogP contribution < -0.4 is 0 Å². The van der Waals surface area contributed by atoms with Crippen molar-refractivity contribution < 1.29 is 19.2 Å². The van der Waals surface area contributed by atoms with E-state index < -0.39 is 11.8 Å². The maximum absolute atomic E-state index is 11.6. The lowest BCUT2D eigenvalue weighted by molar-refractivity contribution is -0.136. The smallest absolute Gasteiger partial charge is 0.364 e. The number of esters is 1. The van der Waals surface area contributed by atoms with Crippen molar-refractivity contribution >= 4 is 33.4 Å². The average Bonchev–Trinajstić information content (AvgIpc) is 2.41. The van der Waals surface area contributed by atoms with E-state index in [0.29, 0.717) is 5.92 Å². The van der Waals surface area contributed by atoms with Crippen LogP contribution in [-0.4, -0.2) is 35.5 Å². The first-order chi connectivity index (χ1) is 9.10. The Hall–Kier alpha value is -0.910. The maximum Gasteiger partial charge on any atom is 0.364 e. The number of nitrogens with zero attached hydrogens (tertiary/aromatic N) is 1. The summed E-state index contributed by atoms with van der Waals surface area (Å²) in [6.45, 7) is 3.97. The monoisotopic (exact) mass is 333 g/mol. The number of hydrogen-bond donors (Lipinski definition) is 0. The standard InChI is InChI=1S/C13H20BrNO4/c1-3-18-13(17)12(10(16)8-14)15-19-11-7-5-4-6-9(11)2/h9,11H,3-8H2,1-2H3/b15-12-/t9-,11+/m0/s1. The molecule has 108 valence electrons. The molecule has 2 atom stereocenters. The topological polar surface area (TPSA) is 65.0 Å². The fourth-order valence-electron chi connectivity index (χ4n) is 2.02. The molecule has 1 aliphatic carbocycles. The van der Waals surface area contributed by atoms with Gasteiger partial charge in [-0.05, 0) is 32.1 Å². The summed E-state index contributed by atoms with van der Waals surface area (Å²) in [6.07, 6.45) is 4.24. The van der Waals surface area contributed by atoms with E-state index >= 15 is 0 Å². The fourth-order valence-corrected chi connectivity index (χ4v) is 2.29. The van der Waals surface area contributed by atoms with Crippen LogP contribution in [0.15, 0.2) is 5.16 Å². The molecule has 1 fully saturated rings. The number of alkyl halides is 1. The van der Waals surface area contributed by atoms with Crippen LogP contribution in [0, 0.1) is 5.92 Å². The van der Waals surface area contributed by atoms with Crippen molar-refractivity contribution in [3.63, 3.8) is 0 Å². The first-order valence-corrected chi connectivity index (χ1v) is 7.72. The van der Waals surface area contributed by atoms with Crippen LogP contribution in [0.25, 0.3) is 0 Å². The molecule has 0 aliphatic heterocycles. The molecule has 0 aromatic carbocycles. The summed E-state index contributed by atoms with van der Waals surface area (Å²) in [5.74, 6) is -0.766. The summed E-state index contributed by atoms with van der Waals surface area (Å²) in [7, 11) is 0. The first-order valence-electron chi connectivity index (χ1n) is 6.60. The zero-order valence-electron chi connectivity index (χ0n) is 11.4. The first kappa shape index (κ1) is 16.1. The van der Waals surface area contributed by atoms with E-state index in [4.69, 9.17) is 9.57 Å². The summed E-state index contributed by atoms with van der Waals surface area (Å²) in [5, 5.41) is 3.77. The maximum atomic E-state index is 11.6. The van der Waals surface area contributed by atoms with Crippen molar-refractivity contribution in [3.05, 3.63) is 0 Å². The summed E-state index contributed by atoms with van der Waals surface area (Å²) in [5.41, 5.74) is -0.267. The molecule has 1 saturated carbocycles. The summed E-state index contributed by atoms with van der Waals surface area (Å²) < 4.78 is 4.80. The van der Waals surface area contributed by atoms with Crippen molar-refractivity contribution in [3.8, 4) is 0 Å². The molecule has 0 saturated heterocycles. The molecule has 19 heavy (non-hydrogen) atoms. The molecule has 6 heteroatoms. The number of ether oxygens (including phenoxy) is 1. The number of ketones is 1. The summed E-state index contributed by atoms with van der Waals surface area (Å²) >= 11 is 3.02. The zero-order valence-corrected chi connectivity index (χ0v) is 12.9. The second-order valence-corrected chi connectivity index (χ2v) is 5.18. The van der Waals surface area contributed by atoms with Crippen molar-refractivity contribution in [2.24, 2.45) is 11.1 Å². The Morgan fingerprint density at radius 3 is 2.58 bits per heavy atom. The van der Waals surface area contributed by atoms with Crippen LogP contribution in [-0.2, 0) is 19.2 Å². The summed E-state index contributed by atoms with van der Waals surface area (Å²) in [4.78, 5) is 28.6. The molecule has 0 aromatic heterocycles. The Kier molecular flexibility index (Phi) is 7.05. The minimum absolute atomic E-state index is 0.0221. The molecule has 0 bridgehead atoms. The molecule has 0 radical (unpaired) electrons. The van der Waals surface area contributed by atoms with Crippen LogP contribution in [0.1, 0.15) is 39.5 Å². The Balaban J connectivity index is 2.70. The molecule has 0 amide bonds. The van der Waals surface area contributed by atoms with E-state index in [1.54, 1.807) is 6.92 Å². The lowest BCUT2D eigenvalue weighted by atomic mass is 9.88. The molecule has 0 aromatic rings. The lowest BCUT2D eigenvalue weighted by Gasteiger charge is -2.26. The lowest BCUT2D eigenvalue weighted by Crippen LogP contribution is -2.30. The molecule has 1 rings (SSSR count). The Morgan fingerprint density at radius 2 is 2.00 bits per heavy atom. The van der Waals surface area contributed by atoms with E-state index in [0.717, 1.165) is 19.3 Å². The van der Waals surface area contributed by atoms with Crippen molar-refractivity contribution in [1.82, 2.24) is 0 Å². The minimum Gasteiger partial charge on any atom is -0.461 e. The van der Waals surface area contributed by atoms with Crippen LogP contribution >= 0.6 is 15.9 Å². The van der Waals surface area contributed by atoms with Crippen LogP contribution in [0.4, 0.5) is 0 Å². The Morgan fingerprint density at radius 1 is 1.32 bits per heavy atom. The van der Waals surface area contributed by atoms with Gasteiger partial charge < -0.3 is 9.57 Å². The van der Waals surface area contributed by atoms with E-state index in [9.17, 15) is 9.59 Å². The SMILES string of the molecule is CCOC(=O)/C(=N\O[C@@H]1CCCC[C@@H]1C)C(=O)CBr. The molecule has 1 aliphatic rings. The van der Waals surface area contributed by atoms with Crippen LogP contribution in [0.5, 0.6) is 0 Å². The highest BCUT2D eigenvalue weighted by Crippen LogP contribution is 2.26. The number of hydrogen-bond acceptors (Lipinski definition) is 5. The number of carbonyl (C=O) groups is 2. The van der Waals surface area contributed by atoms with Gasteiger partial charge in [0, 0.05) is 0 Å². The second-order valence-electron chi connectivity index (χ2n) is 4.62. The largest absolute Gasteiger partial charge is 0.461 e. The molecule has 5 nitrogen and oxygen atoms in total. The van der Waals surface area contributed by atoms with Gasteiger partial charge in [0.1, 0.15) is 6.10 Å². The number of carbonyl (C=O) groups excluding carboxylic acids is 2. The molecular formula is C13H20BrNO4. The van der Waals surface area contributed by atoms with Gasteiger partial charge in [-0.2, -0.15) is 0 Å². The van der Waals surface area contributed by atoms with E-state index in [1.165, 1.54) is 6.42 Å². The Labute approximate surface area is 121 Å². The third-order valence-corrected chi connectivity index (χ3v) is 3.68. The minimum atomic E-state index is -0.726. The van der Waals surface area contributed by atoms with Crippen LogP contribution in [0.3, 0.4) is 0 Å². The van der Waals surface area contributed by atoms with E-state index in [2.05, 4.69) is 28.0 Å². The molecular weight excluding hydrogens is 314 g/mol. The summed E-state index contributed by atoms with van der Waals surface area (Å²) in [6, 6.07) is 0. The fraction of sp³-hybridized carbons (Fsp3) is 0.769. The predicted molar refractivity (Wildman–Crippen MR) is 75.4 cm³/mol. The van der Waals surface area contributed by atoms with Gasteiger partial charge in [0.05, 0.1) is 11.9 Å². The molecule has 0 N–H and O–H groups in total. The number of rotatable bonds is 6. The van der Waals surface area contributed by atoms with E-state index in [-0.39, 0.29) is 23.8 Å². The number of halogens is 1. The Bertz CT molecular complexity index is 357. The normalized spacial score (nSPS) is 23.8. The number of Topliss-reactive ketones (excluding diaryl/α,β-unsaturated/α-hetero) is 1. The van der Waals surface area contributed by atoms with Gasteiger partial charge in [0.15, 0.2) is 0 Å². The van der Waals surface area contributed by atoms with Gasteiger partial charge in [-0.3, -0.25) is 4.79 Å². The van der Waals surface area contributed by atoms with Crippen molar-refractivity contribution in [2.45, 2.75) is 45.6 Å². The van der Waals surface area contributed by atoms with Gasteiger partial charge >= 0.3 is 5.97 Å². The highest BCUT2D eigenvalue weighted by Gasteiger charge is 2.26. The van der Waals surface area contributed by atoms with Gasteiger partial charge in [0.25, 0.3) is 0 Å². The van der Waals surface area contributed by atoms with Gasteiger partial charge in [0.2, 0.25) is 11.5 Å². The molecule has 0 heterocycles. The molecule has 0 unspecified atom stereocenters. The zero-order chi connectivity index (χ0) is 14.3. The van der Waals surface area contributed by atoms with E-state index in [1.807, 2.05) is 0 Å². The highest BCUT2D eigenvalue weighted by atomic mass is 79.9. The average molecular weight is 334 g/mol. The predicted octanol–water partition coefficient (Wildman–Crippen LogP) is 2.46. The third-order valence-electron chi connectivity index (χ3n) is 3.17. The highest BCUT2D eigenvalue weighted by molar-refractivity contribution is 9.09. The van der Waals surface area contributed by atoms with Gasteiger partial charge in [-0.15, -0.1) is 0 Å². The quantitative estimate of drug-likeness (QED) is 0.246.